The molecule has 2 atom stereocenters. The molecule has 0 bridgehead atoms. The molecule has 30 heavy (non-hydrogen) atoms. The van der Waals surface area contributed by atoms with Gasteiger partial charge in [0.2, 0.25) is 6.29 Å². The third kappa shape index (κ3) is 15.6. The Morgan fingerprint density at radius 2 is 1.30 bits per heavy atom. The lowest BCUT2D eigenvalue weighted by Gasteiger charge is -2.19. The Morgan fingerprint density at radius 3 is 1.70 bits per heavy atom. The second kappa shape index (κ2) is 17.5. The number of ether oxygens (including phenoxy) is 2. The third-order valence-electron chi connectivity index (χ3n) is 4.87. The second-order valence-electron chi connectivity index (χ2n) is 7.64. The maximum absolute atomic E-state index is 11.9. The highest BCUT2D eigenvalue weighted by molar-refractivity contribution is 7.87. The van der Waals surface area contributed by atoms with Crippen LogP contribution in [0, 0.1) is 0 Å². The number of unbranched alkanes of at least 4 members (excludes halogenated alkanes) is 11. The van der Waals surface area contributed by atoms with Crippen LogP contribution in [0.2, 0.25) is 0 Å². The van der Waals surface area contributed by atoms with Gasteiger partial charge in [-0.25, -0.2) is 0 Å². The number of aliphatic carboxylic acids is 1. The van der Waals surface area contributed by atoms with Gasteiger partial charge in [-0.05, 0) is 6.42 Å². The minimum absolute atomic E-state index is 0.287. The van der Waals surface area contributed by atoms with Crippen molar-refractivity contribution in [3.8, 4) is 0 Å². The summed E-state index contributed by atoms with van der Waals surface area (Å²) in [5.41, 5.74) is 0. The van der Waals surface area contributed by atoms with E-state index < -0.39 is 40.0 Å². The molecule has 0 aliphatic rings. The van der Waals surface area contributed by atoms with E-state index in [9.17, 15) is 18.0 Å². The van der Waals surface area contributed by atoms with Gasteiger partial charge >= 0.3 is 11.9 Å². The zero-order valence-corrected chi connectivity index (χ0v) is 19.3. The van der Waals surface area contributed by atoms with E-state index in [4.69, 9.17) is 19.1 Å². The molecule has 0 spiro atoms. The number of hydrogen-bond acceptors (Lipinski definition) is 6. The molecule has 0 aromatic rings. The van der Waals surface area contributed by atoms with Crippen LogP contribution in [0.5, 0.6) is 0 Å². The molecule has 0 aromatic heterocycles. The maximum Gasteiger partial charge on any atom is 0.329 e. The van der Waals surface area contributed by atoms with Gasteiger partial charge in [-0.2, -0.15) is 8.42 Å². The van der Waals surface area contributed by atoms with E-state index in [1.807, 2.05) is 0 Å². The van der Waals surface area contributed by atoms with E-state index in [1.165, 1.54) is 57.8 Å². The average molecular weight is 453 g/mol. The number of hydrogen-bond donors (Lipinski definition) is 2. The fraction of sp³-hybridized carbons (Fsp3) is 0.905. The van der Waals surface area contributed by atoms with Gasteiger partial charge in [0.1, 0.15) is 0 Å². The van der Waals surface area contributed by atoms with Crippen LogP contribution in [0.1, 0.15) is 104 Å². The van der Waals surface area contributed by atoms with Crippen molar-refractivity contribution < 1.29 is 37.1 Å². The van der Waals surface area contributed by atoms with Crippen molar-refractivity contribution in [3.63, 3.8) is 0 Å². The molecule has 9 heteroatoms. The van der Waals surface area contributed by atoms with Gasteiger partial charge in [0.15, 0.2) is 5.25 Å². The van der Waals surface area contributed by atoms with Gasteiger partial charge in [0.25, 0.3) is 10.1 Å². The number of carbonyl (C=O) groups is 2. The largest absolute Gasteiger partial charge is 0.481 e. The monoisotopic (exact) mass is 452 g/mol. The van der Waals surface area contributed by atoms with E-state index in [-0.39, 0.29) is 6.42 Å². The predicted molar refractivity (Wildman–Crippen MR) is 115 cm³/mol. The highest BCUT2D eigenvalue weighted by Gasteiger charge is 2.36. The Balaban J connectivity index is 3.90. The highest BCUT2D eigenvalue weighted by Crippen LogP contribution is 2.14. The Hall–Kier alpha value is -1.19. The van der Waals surface area contributed by atoms with Crippen LogP contribution in [0.15, 0.2) is 0 Å². The topological polar surface area (TPSA) is 127 Å². The molecule has 0 aliphatic heterocycles. The molecule has 178 valence electrons. The van der Waals surface area contributed by atoms with Gasteiger partial charge in [0, 0.05) is 6.42 Å². The molecule has 2 N–H and O–H groups in total. The predicted octanol–water partition coefficient (Wildman–Crippen LogP) is 4.71. The van der Waals surface area contributed by atoms with E-state index >= 15 is 0 Å². The van der Waals surface area contributed by atoms with Crippen LogP contribution in [-0.4, -0.2) is 48.2 Å². The number of carbonyl (C=O) groups excluding carboxylic acids is 1. The molecule has 0 aromatic carbocycles. The van der Waals surface area contributed by atoms with Crippen molar-refractivity contribution >= 4 is 22.1 Å². The van der Waals surface area contributed by atoms with Gasteiger partial charge in [-0.1, -0.05) is 84.5 Å². The molecular formula is C21H40O8S. The first-order valence-electron chi connectivity index (χ1n) is 11.2. The summed E-state index contributed by atoms with van der Waals surface area (Å²) in [6, 6.07) is 0. The van der Waals surface area contributed by atoms with Crippen molar-refractivity contribution in [1.29, 1.82) is 0 Å². The summed E-state index contributed by atoms with van der Waals surface area (Å²) in [7, 11) is -4.87. The zero-order chi connectivity index (χ0) is 22.8. The second-order valence-corrected chi connectivity index (χ2v) is 9.24. The first-order chi connectivity index (χ1) is 14.2. The maximum atomic E-state index is 11.9. The summed E-state index contributed by atoms with van der Waals surface area (Å²) < 4.78 is 41.9. The van der Waals surface area contributed by atoms with Crippen molar-refractivity contribution in [1.82, 2.24) is 0 Å². The standard InChI is InChI=1S/C21H40O8S/c1-3-5-6-7-8-9-10-11-12-13-14-15-16-28-20(4-2)29-21(24)18(17-19(22)23)30(25,26)27/h18,20H,3-17H2,1-2H3,(H,22,23)(H,25,26,27). The quantitative estimate of drug-likeness (QED) is 0.118. The molecule has 0 fully saturated rings. The molecule has 0 heterocycles. The lowest BCUT2D eigenvalue weighted by atomic mass is 10.1. The Bertz CT molecular complexity index is 561. The summed E-state index contributed by atoms with van der Waals surface area (Å²) in [6.07, 6.45) is 12.8. The van der Waals surface area contributed by atoms with Crippen LogP contribution in [0.4, 0.5) is 0 Å². The summed E-state index contributed by atoms with van der Waals surface area (Å²) in [6.45, 7) is 4.28. The van der Waals surface area contributed by atoms with Gasteiger partial charge in [-0.3, -0.25) is 14.1 Å². The average Bonchev–Trinajstić information content (AvgIpc) is 2.67. The zero-order valence-electron chi connectivity index (χ0n) is 18.5. The fourth-order valence-electron chi connectivity index (χ4n) is 3.07. The SMILES string of the molecule is CCCCCCCCCCCCCCOC(CC)OC(=O)C(CC(=O)O)S(=O)(=O)O. The first kappa shape index (κ1) is 28.8. The molecule has 0 aliphatic carbocycles. The molecular weight excluding hydrogens is 412 g/mol. The number of esters is 1. The molecule has 2 unspecified atom stereocenters. The number of carboxylic acid groups (broad SMARTS) is 1. The summed E-state index contributed by atoms with van der Waals surface area (Å²) in [5, 5.41) is 6.56. The summed E-state index contributed by atoms with van der Waals surface area (Å²) in [4.78, 5) is 22.6. The highest BCUT2D eigenvalue weighted by atomic mass is 32.2. The molecule has 0 saturated heterocycles. The van der Waals surface area contributed by atoms with E-state index in [1.54, 1.807) is 6.92 Å². The van der Waals surface area contributed by atoms with Gasteiger partial charge < -0.3 is 14.6 Å². The number of carboxylic acids is 1. The van der Waals surface area contributed by atoms with Crippen molar-refractivity contribution in [2.75, 3.05) is 6.61 Å². The van der Waals surface area contributed by atoms with E-state index in [0.717, 1.165) is 19.3 Å². The minimum Gasteiger partial charge on any atom is -0.481 e. The summed E-state index contributed by atoms with van der Waals surface area (Å²) >= 11 is 0. The van der Waals surface area contributed by atoms with Crippen molar-refractivity contribution in [2.45, 2.75) is 115 Å². The minimum atomic E-state index is -4.87. The van der Waals surface area contributed by atoms with E-state index in [2.05, 4.69) is 6.92 Å². The normalized spacial score (nSPS) is 13.7. The molecule has 0 amide bonds. The van der Waals surface area contributed by atoms with Crippen LogP contribution in [0.25, 0.3) is 0 Å². The molecule has 0 saturated carbocycles. The van der Waals surface area contributed by atoms with Gasteiger partial charge in [0.05, 0.1) is 13.0 Å². The van der Waals surface area contributed by atoms with Crippen LogP contribution in [0.3, 0.4) is 0 Å². The van der Waals surface area contributed by atoms with Gasteiger partial charge in [-0.15, -0.1) is 0 Å². The van der Waals surface area contributed by atoms with Crippen LogP contribution < -0.4 is 0 Å². The Labute approximate surface area is 181 Å². The Morgan fingerprint density at radius 1 is 0.833 bits per heavy atom. The fourth-order valence-corrected chi connectivity index (χ4v) is 3.72. The molecule has 0 rings (SSSR count). The lowest BCUT2D eigenvalue weighted by molar-refractivity contribution is -0.180. The van der Waals surface area contributed by atoms with Crippen molar-refractivity contribution in [2.24, 2.45) is 0 Å². The molecule has 0 radical (unpaired) electrons. The summed E-state index contributed by atoms with van der Waals surface area (Å²) in [5.74, 6) is -2.85. The Kier molecular flexibility index (Phi) is 16.8. The smallest absolute Gasteiger partial charge is 0.329 e. The molecule has 8 nitrogen and oxygen atoms in total. The van der Waals surface area contributed by atoms with Crippen molar-refractivity contribution in [3.05, 3.63) is 0 Å². The lowest BCUT2D eigenvalue weighted by Crippen LogP contribution is -2.36. The van der Waals surface area contributed by atoms with Crippen LogP contribution in [-0.2, 0) is 29.2 Å². The number of rotatable bonds is 20. The first-order valence-corrected chi connectivity index (χ1v) is 12.7. The van der Waals surface area contributed by atoms with Crippen LogP contribution >= 0.6 is 0 Å². The van der Waals surface area contributed by atoms with E-state index in [0.29, 0.717) is 6.61 Å². The third-order valence-corrected chi connectivity index (χ3v) is 5.94.